The summed E-state index contributed by atoms with van der Waals surface area (Å²) >= 11 is 0. The first-order valence-electron chi connectivity index (χ1n) is 5.18. The van der Waals surface area contributed by atoms with Crippen LogP contribution in [0.25, 0.3) is 0 Å². The van der Waals surface area contributed by atoms with Crippen LogP contribution >= 0.6 is 0 Å². The Morgan fingerprint density at radius 3 is 2.67 bits per heavy atom. The molecule has 0 saturated carbocycles. The summed E-state index contributed by atoms with van der Waals surface area (Å²) in [5, 5.41) is 10.4. The number of carbonyl (C=O) groups is 1. The highest BCUT2D eigenvalue weighted by Gasteiger charge is 2.14. The van der Waals surface area contributed by atoms with E-state index in [-0.39, 0.29) is 24.7 Å². The largest absolute Gasteiger partial charge is 0.493 e. The molecule has 0 aliphatic carbocycles. The minimum atomic E-state index is -0.962. The summed E-state index contributed by atoms with van der Waals surface area (Å²) in [7, 11) is 3.24. The molecule has 0 spiro atoms. The third-order valence-corrected chi connectivity index (χ3v) is 2.20. The molecule has 1 aromatic rings. The lowest BCUT2D eigenvalue weighted by Crippen LogP contribution is -2.23. The van der Waals surface area contributed by atoms with Gasteiger partial charge in [-0.2, -0.15) is 4.39 Å². The van der Waals surface area contributed by atoms with E-state index in [9.17, 15) is 19.3 Å². The Morgan fingerprint density at radius 2 is 2.17 bits per heavy atom. The van der Waals surface area contributed by atoms with Crippen molar-refractivity contribution in [2.75, 3.05) is 20.7 Å². The number of nitrogens with zero attached hydrogens (tertiary/aromatic N) is 2. The van der Waals surface area contributed by atoms with Crippen molar-refractivity contribution in [3.8, 4) is 5.75 Å². The highest BCUT2D eigenvalue weighted by atomic mass is 19.1. The maximum Gasteiger partial charge on any atom is 0.305 e. The van der Waals surface area contributed by atoms with E-state index >= 15 is 0 Å². The molecular formula is C11H13FN2O4. The smallest absolute Gasteiger partial charge is 0.305 e. The van der Waals surface area contributed by atoms with Gasteiger partial charge in [0.15, 0.2) is 0 Å². The van der Waals surface area contributed by atoms with Gasteiger partial charge in [-0.1, -0.05) is 0 Å². The standard InChI is InChI=1S/C11H13FN2O4/c1-13(2)11(15)5-6-18-8-3-4-10(14(16)17)9(12)7-8/h3-4,7H,5-6H2,1-2H3. The number of hydrogen-bond acceptors (Lipinski definition) is 4. The second-order valence-corrected chi connectivity index (χ2v) is 3.76. The van der Waals surface area contributed by atoms with Gasteiger partial charge in [-0.3, -0.25) is 14.9 Å². The Hall–Kier alpha value is -2.18. The van der Waals surface area contributed by atoms with Gasteiger partial charge >= 0.3 is 5.69 Å². The molecule has 1 aromatic carbocycles. The summed E-state index contributed by atoms with van der Waals surface area (Å²) in [6, 6.07) is 3.25. The Morgan fingerprint density at radius 1 is 1.50 bits per heavy atom. The molecule has 0 N–H and O–H groups in total. The minimum Gasteiger partial charge on any atom is -0.493 e. The van der Waals surface area contributed by atoms with E-state index in [1.807, 2.05) is 0 Å². The summed E-state index contributed by atoms with van der Waals surface area (Å²) in [6.45, 7) is 0.0915. The average molecular weight is 256 g/mol. The highest BCUT2D eigenvalue weighted by molar-refractivity contribution is 5.75. The molecule has 7 heteroatoms. The van der Waals surface area contributed by atoms with Crippen LogP contribution in [0.3, 0.4) is 0 Å². The Labute approximate surface area is 103 Å². The number of nitro benzene ring substituents is 1. The SMILES string of the molecule is CN(C)C(=O)CCOc1ccc([N+](=O)[O-])c(F)c1. The lowest BCUT2D eigenvalue weighted by molar-refractivity contribution is -0.387. The van der Waals surface area contributed by atoms with Gasteiger partial charge in [0.2, 0.25) is 11.7 Å². The molecule has 98 valence electrons. The number of halogens is 1. The predicted octanol–water partition coefficient (Wildman–Crippen LogP) is 1.59. The van der Waals surface area contributed by atoms with E-state index in [4.69, 9.17) is 4.74 Å². The van der Waals surface area contributed by atoms with Crippen molar-refractivity contribution < 1.29 is 18.8 Å². The maximum atomic E-state index is 13.2. The van der Waals surface area contributed by atoms with Crippen molar-refractivity contribution in [2.45, 2.75) is 6.42 Å². The molecule has 0 fully saturated rings. The number of rotatable bonds is 5. The van der Waals surface area contributed by atoms with Gasteiger partial charge in [0.05, 0.1) is 18.0 Å². The van der Waals surface area contributed by atoms with E-state index in [0.717, 1.165) is 12.1 Å². The van der Waals surface area contributed by atoms with Gasteiger partial charge in [-0.15, -0.1) is 0 Å². The molecule has 0 saturated heterocycles. The van der Waals surface area contributed by atoms with E-state index in [1.165, 1.54) is 11.0 Å². The van der Waals surface area contributed by atoms with E-state index < -0.39 is 16.4 Å². The minimum absolute atomic E-state index is 0.0915. The van der Waals surface area contributed by atoms with Gasteiger partial charge in [-0.05, 0) is 6.07 Å². The van der Waals surface area contributed by atoms with Crippen LogP contribution in [0.5, 0.6) is 5.75 Å². The third-order valence-electron chi connectivity index (χ3n) is 2.20. The molecular weight excluding hydrogens is 243 g/mol. The quantitative estimate of drug-likeness (QED) is 0.592. The number of benzene rings is 1. The molecule has 0 heterocycles. The summed E-state index contributed by atoms with van der Waals surface area (Å²) in [5.41, 5.74) is -0.605. The zero-order valence-electron chi connectivity index (χ0n) is 10.1. The molecule has 0 atom stereocenters. The van der Waals surface area contributed by atoms with Gasteiger partial charge in [0.1, 0.15) is 5.75 Å². The predicted molar refractivity (Wildman–Crippen MR) is 61.9 cm³/mol. The number of ether oxygens (including phenoxy) is 1. The average Bonchev–Trinajstić information content (AvgIpc) is 2.28. The first-order chi connectivity index (χ1) is 8.41. The Bertz CT molecular complexity index is 462. The summed E-state index contributed by atoms with van der Waals surface area (Å²) in [6.07, 6.45) is 0.158. The van der Waals surface area contributed by atoms with Crippen LogP contribution in [0.2, 0.25) is 0 Å². The molecule has 0 aliphatic heterocycles. The molecule has 0 aliphatic rings. The van der Waals surface area contributed by atoms with Gasteiger partial charge in [-0.25, -0.2) is 0 Å². The van der Waals surface area contributed by atoms with Crippen LogP contribution < -0.4 is 4.74 Å². The number of carbonyl (C=O) groups excluding carboxylic acids is 1. The molecule has 18 heavy (non-hydrogen) atoms. The second kappa shape index (κ2) is 5.95. The van der Waals surface area contributed by atoms with Gasteiger partial charge < -0.3 is 9.64 Å². The van der Waals surface area contributed by atoms with Crippen molar-refractivity contribution in [3.05, 3.63) is 34.1 Å². The molecule has 1 rings (SSSR count). The van der Waals surface area contributed by atoms with Crippen LogP contribution in [0.4, 0.5) is 10.1 Å². The number of amides is 1. The Kier molecular flexibility index (Phi) is 4.59. The number of hydrogen-bond donors (Lipinski definition) is 0. The molecule has 1 amide bonds. The second-order valence-electron chi connectivity index (χ2n) is 3.76. The first kappa shape index (κ1) is 13.9. The monoisotopic (exact) mass is 256 g/mol. The molecule has 0 bridgehead atoms. The lowest BCUT2D eigenvalue weighted by Gasteiger charge is -2.10. The van der Waals surface area contributed by atoms with Gasteiger partial charge in [0.25, 0.3) is 0 Å². The van der Waals surface area contributed by atoms with Crippen LogP contribution in [0, 0.1) is 15.9 Å². The first-order valence-corrected chi connectivity index (χ1v) is 5.18. The summed E-state index contributed by atoms with van der Waals surface area (Å²) < 4.78 is 18.4. The molecule has 0 unspecified atom stereocenters. The van der Waals surface area contributed by atoms with Crippen LogP contribution in [-0.2, 0) is 4.79 Å². The maximum absolute atomic E-state index is 13.2. The third kappa shape index (κ3) is 3.69. The van der Waals surface area contributed by atoms with Gasteiger partial charge in [0, 0.05) is 26.2 Å². The molecule has 0 aromatic heterocycles. The van der Waals surface area contributed by atoms with Crippen molar-refractivity contribution in [2.24, 2.45) is 0 Å². The fraction of sp³-hybridized carbons (Fsp3) is 0.364. The molecule has 0 radical (unpaired) electrons. The summed E-state index contributed by atoms with van der Waals surface area (Å²) in [5.74, 6) is -0.918. The fourth-order valence-corrected chi connectivity index (χ4v) is 1.21. The van der Waals surface area contributed by atoms with E-state index in [1.54, 1.807) is 14.1 Å². The van der Waals surface area contributed by atoms with E-state index in [0.29, 0.717) is 0 Å². The van der Waals surface area contributed by atoms with Crippen molar-refractivity contribution in [1.82, 2.24) is 4.90 Å². The normalized spacial score (nSPS) is 9.94. The van der Waals surface area contributed by atoms with Crippen LogP contribution in [0.15, 0.2) is 18.2 Å². The molecule has 6 nitrogen and oxygen atoms in total. The van der Waals surface area contributed by atoms with Crippen molar-refractivity contribution >= 4 is 11.6 Å². The lowest BCUT2D eigenvalue weighted by atomic mass is 10.3. The summed E-state index contributed by atoms with van der Waals surface area (Å²) in [4.78, 5) is 22.2. The van der Waals surface area contributed by atoms with Crippen molar-refractivity contribution in [1.29, 1.82) is 0 Å². The van der Waals surface area contributed by atoms with Crippen LogP contribution in [-0.4, -0.2) is 36.4 Å². The fourth-order valence-electron chi connectivity index (χ4n) is 1.21. The topological polar surface area (TPSA) is 72.7 Å². The van der Waals surface area contributed by atoms with Crippen LogP contribution in [0.1, 0.15) is 6.42 Å². The van der Waals surface area contributed by atoms with Crippen molar-refractivity contribution in [3.63, 3.8) is 0 Å². The zero-order valence-corrected chi connectivity index (χ0v) is 10.1. The number of nitro groups is 1. The van der Waals surface area contributed by atoms with E-state index in [2.05, 4.69) is 0 Å². The zero-order chi connectivity index (χ0) is 13.7. The Balaban J connectivity index is 2.57. The highest BCUT2D eigenvalue weighted by Crippen LogP contribution is 2.22.